The average Bonchev–Trinajstić information content (AvgIpc) is 2.79. The second-order valence-corrected chi connectivity index (χ2v) is 5.24. The molecular weight excluding hydrogens is 265 g/mol. The SMILES string of the molecule is O=C1CCCc2c1ccn2Cc1ccc(F)c(Cl)c1. The summed E-state index contributed by atoms with van der Waals surface area (Å²) in [6.07, 6.45) is 4.38. The van der Waals surface area contributed by atoms with Gasteiger partial charge in [0.25, 0.3) is 0 Å². The minimum Gasteiger partial charge on any atom is -0.346 e. The number of rotatable bonds is 2. The van der Waals surface area contributed by atoms with Crippen molar-refractivity contribution in [3.05, 3.63) is 58.1 Å². The van der Waals surface area contributed by atoms with Gasteiger partial charge in [-0.1, -0.05) is 17.7 Å². The molecule has 0 fully saturated rings. The molecule has 1 aromatic carbocycles. The molecular formula is C15H13ClFNO. The first-order valence-electron chi connectivity index (χ1n) is 6.30. The van der Waals surface area contributed by atoms with Crippen molar-refractivity contribution < 1.29 is 9.18 Å². The van der Waals surface area contributed by atoms with Crippen molar-refractivity contribution in [3.8, 4) is 0 Å². The Morgan fingerprint density at radius 3 is 2.89 bits per heavy atom. The lowest BCUT2D eigenvalue weighted by Gasteiger charge is -2.15. The minimum absolute atomic E-state index is 0.134. The van der Waals surface area contributed by atoms with E-state index in [-0.39, 0.29) is 10.8 Å². The fourth-order valence-electron chi connectivity index (χ4n) is 2.57. The van der Waals surface area contributed by atoms with Gasteiger partial charge in [-0.25, -0.2) is 4.39 Å². The Kier molecular flexibility index (Phi) is 3.15. The van der Waals surface area contributed by atoms with Gasteiger partial charge in [0, 0.05) is 30.4 Å². The maximum Gasteiger partial charge on any atom is 0.164 e. The summed E-state index contributed by atoms with van der Waals surface area (Å²) < 4.78 is 15.2. The van der Waals surface area contributed by atoms with Crippen LogP contribution in [-0.4, -0.2) is 10.4 Å². The van der Waals surface area contributed by atoms with Crippen LogP contribution in [-0.2, 0) is 13.0 Å². The molecule has 0 amide bonds. The van der Waals surface area contributed by atoms with Crippen LogP contribution in [0, 0.1) is 5.82 Å². The summed E-state index contributed by atoms with van der Waals surface area (Å²) in [5.74, 6) is -0.188. The summed E-state index contributed by atoms with van der Waals surface area (Å²) in [5.41, 5.74) is 2.85. The number of hydrogen-bond acceptors (Lipinski definition) is 1. The third-order valence-electron chi connectivity index (χ3n) is 3.53. The van der Waals surface area contributed by atoms with Gasteiger partial charge < -0.3 is 4.57 Å². The third kappa shape index (κ3) is 2.30. The topological polar surface area (TPSA) is 22.0 Å². The van der Waals surface area contributed by atoms with Crippen LogP contribution < -0.4 is 0 Å². The standard InChI is InChI=1S/C15H13ClFNO/c16-12-8-10(4-5-13(12)17)9-18-7-6-11-14(18)2-1-3-15(11)19/h4-8H,1-3,9H2. The van der Waals surface area contributed by atoms with E-state index >= 15 is 0 Å². The number of carbonyl (C=O) groups is 1. The molecule has 0 unspecified atom stereocenters. The van der Waals surface area contributed by atoms with Gasteiger partial charge >= 0.3 is 0 Å². The van der Waals surface area contributed by atoms with Gasteiger partial charge in [-0.3, -0.25) is 4.79 Å². The number of carbonyl (C=O) groups excluding carboxylic acids is 1. The molecule has 0 N–H and O–H groups in total. The molecule has 0 saturated heterocycles. The van der Waals surface area contributed by atoms with Crippen molar-refractivity contribution in [1.29, 1.82) is 0 Å². The predicted octanol–water partition coefficient (Wildman–Crippen LogP) is 3.85. The molecule has 0 bridgehead atoms. The van der Waals surface area contributed by atoms with Gasteiger partial charge in [-0.15, -0.1) is 0 Å². The first-order valence-corrected chi connectivity index (χ1v) is 6.68. The highest BCUT2D eigenvalue weighted by atomic mass is 35.5. The second kappa shape index (κ2) is 4.82. The summed E-state index contributed by atoms with van der Waals surface area (Å²) in [5, 5.41) is 0.134. The van der Waals surface area contributed by atoms with Crippen molar-refractivity contribution in [2.75, 3.05) is 0 Å². The summed E-state index contributed by atoms with van der Waals surface area (Å²) in [6, 6.07) is 6.60. The second-order valence-electron chi connectivity index (χ2n) is 4.83. The lowest BCUT2D eigenvalue weighted by molar-refractivity contribution is 0.0972. The molecule has 3 rings (SSSR count). The van der Waals surface area contributed by atoms with Crippen LogP contribution >= 0.6 is 11.6 Å². The molecule has 0 spiro atoms. The summed E-state index contributed by atoms with van der Waals surface area (Å²) in [6.45, 7) is 0.614. The normalized spacial score (nSPS) is 14.5. The van der Waals surface area contributed by atoms with E-state index in [0.717, 1.165) is 29.7 Å². The van der Waals surface area contributed by atoms with Crippen molar-refractivity contribution in [2.24, 2.45) is 0 Å². The van der Waals surface area contributed by atoms with Crippen molar-refractivity contribution in [3.63, 3.8) is 0 Å². The summed E-state index contributed by atoms with van der Waals surface area (Å²) in [7, 11) is 0. The lowest BCUT2D eigenvalue weighted by Crippen LogP contribution is -2.13. The van der Waals surface area contributed by atoms with Gasteiger partial charge in [0.2, 0.25) is 0 Å². The number of aromatic nitrogens is 1. The number of benzene rings is 1. The zero-order valence-corrected chi connectivity index (χ0v) is 11.1. The molecule has 1 aliphatic carbocycles. The minimum atomic E-state index is -0.407. The van der Waals surface area contributed by atoms with Crippen LogP contribution in [0.1, 0.15) is 34.5 Å². The van der Waals surface area contributed by atoms with Crippen LogP contribution in [0.4, 0.5) is 4.39 Å². The van der Waals surface area contributed by atoms with Crippen LogP contribution in [0.2, 0.25) is 5.02 Å². The first kappa shape index (κ1) is 12.4. The fraction of sp³-hybridized carbons (Fsp3) is 0.267. The molecule has 2 nitrogen and oxygen atoms in total. The predicted molar refractivity (Wildman–Crippen MR) is 72.2 cm³/mol. The Bertz CT molecular complexity index is 648. The molecule has 0 atom stereocenters. The van der Waals surface area contributed by atoms with E-state index in [0.29, 0.717) is 13.0 Å². The highest BCUT2D eigenvalue weighted by Gasteiger charge is 2.20. The Morgan fingerprint density at radius 1 is 1.26 bits per heavy atom. The highest BCUT2D eigenvalue weighted by Crippen LogP contribution is 2.24. The molecule has 2 aromatic rings. The van der Waals surface area contributed by atoms with Gasteiger partial charge in [-0.2, -0.15) is 0 Å². The number of ketones is 1. The van der Waals surface area contributed by atoms with Gasteiger partial charge in [0.1, 0.15) is 5.82 Å². The van der Waals surface area contributed by atoms with Crippen molar-refractivity contribution in [1.82, 2.24) is 4.57 Å². The number of fused-ring (bicyclic) bond motifs is 1. The van der Waals surface area contributed by atoms with Gasteiger partial charge in [-0.05, 0) is 36.6 Å². The van der Waals surface area contributed by atoms with E-state index in [4.69, 9.17) is 11.6 Å². The van der Waals surface area contributed by atoms with E-state index in [1.165, 1.54) is 6.07 Å². The zero-order chi connectivity index (χ0) is 13.4. The Hall–Kier alpha value is -1.61. The first-order chi connectivity index (χ1) is 9.15. The fourth-order valence-corrected chi connectivity index (χ4v) is 2.77. The lowest BCUT2D eigenvalue weighted by atomic mass is 9.97. The Morgan fingerprint density at radius 2 is 2.11 bits per heavy atom. The van der Waals surface area contributed by atoms with E-state index in [2.05, 4.69) is 4.57 Å². The average molecular weight is 278 g/mol. The molecule has 4 heteroatoms. The molecule has 98 valence electrons. The van der Waals surface area contributed by atoms with Crippen LogP contribution in [0.5, 0.6) is 0 Å². The van der Waals surface area contributed by atoms with Crippen LogP contribution in [0.3, 0.4) is 0 Å². The number of halogens is 2. The van der Waals surface area contributed by atoms with E-state index in [1.54, 1.807) is 12.1 Å². The highest BCUT2D eigenvalue weighted by molar-refractivity contribution is 6.30. The maximum absolute atomic E-state index is 13.1. The molecule has 19 heavy (non-hydrogen) atoms. The molecule has 0 saturated carbocycles. The van der Waals surface area contributed by atoms with Gasteiger partial charge in [0.15, 0.2) is 5.78 Å². The molecule has 1 aromatic heterocycles. The number of nitrogens with zero attached hydrogens (tertiary/aromatic N) is 1. The van der Waals surface area contributed by atoms with E-state index in [9.17, 15) is 9.18 Å². The van der Waals surface area contributed by atoms with Gasteiger partial charge in [0.05, 0.1) is 5.02 Å². The summed E-state index contributed by atoms with van der Waals surface area (Å²) in [4.78, 5) is 11.8. The Labute approximate surface area is 115 Å². The van der Waals surface area contributed by atoms with E-state index in [1.807, 2.05) is 12.3 Å². The van der Waals surface area contributed by atoms with E-state index < -0.39 is 5.82 Å². The quantitative estimate of drug-likeness (QED) is 0.817. The van der Waals surface area contributed by atoms with Crippen LogP contribution in [0.25, 0.3) is 0 Å². The number of Topliss-reactive ketones (excluding diaryl/α,β-unsaturated/α-hetero) is 1. The Balaban J connectivity index is 1.91. The molecule has 0 aliphatic heterocycles. The molecule has 0 radical (unpaired) electrons. The smallest absolute Gasteiger partial charge is 0.164 e. The van der Waals surface area contributed by atoms with Crippen molar-refractivity contribution in [2.45, 2.75) is 25.8 Å². The summed E-state index contributed by atoms with van der Waals surface area (Å²) >= 11 is 5.78. The monoisotopic (exact) mass is 277 g/mol. The third-order valence-corrected chi connectivity index (χ3v) is 3.82. The van der Waals surface area contributed by atoms with Crippen molar-refractivity contribution >= 4 is 17.4 Å². The van der Waals surface area contributed by atoms with Crippen LogP contribution in [0.15, 0.2) is 30.5 Å². The largest absolute Gasteiger partial charge is 0.346 e. The zero-order valence-electron chi connectivity index (χ0n) is 10.3. The number of hydrogen-bond donors (Lipinski definition) is 0. The molecule has 1 aliphatic rings. The maximum atomic E-state index is 13.1. The molecule has 1 heterocycles.